The molecule has 0 saturated carbocycles. The molecule has 0 unspecified atom stereocenters. The van der Waals surface area contributed by atoms with E-state index < -0.39 is 0 Å². The topological polar surface area (TPSA) is 74.6 Å². The highest BCUT2D eigenvalue weighted by molar-refractivity contribution is 8.00. The van der Waals surface area contributed by atoms with Crippen molar-refractivity contribution in [3.63, 3.8) is 0 Å². The Morgan fingerprint density at radius 2 is 2.11 bits per heavy atom. The minimum absolute atomic E-state index is 0.162. The lowest BCUT2D eigenvalue weighted by Crippen LogP contribution is -1.90. The summed E-state index contributed by atoms with van der Waals surface area (Å²) in [5.74, 6) is 1.48. The fourth-order valence-electron chi connectivity index (χ4n) is 1.36. The number of nitrogens with zero attached hydrogens (tertiary/aromatic N) is 3. The van der Waals surface area contributed by atoms with E-state index in [1.54, 1.807) is 7.11 Å². The normalized spacial score (nSPS) is 11.8. The van der Waals surface area contributed by atoms with Crippen molar-refractivity contribution in [3.05, 3.63) is 24.3 Å². The fraction of sp³-hybridized carbons (Fsp3) is 0.250. The second kappa shape index (κ2) is 5.56. The molecule has 0 bridgehead atoms. The molecule has 0 aliphatic carbocycles. The predicted molar refractivity (Wildman–Crippen MR) is 69.3 cm³/mol. The molecular formula is C12H12N4OS. The van der Waals surface area contributed by atoms with Crippen molar-refractivity contribution in [1.82, 2.24) is 15.2 Å². The molecule has 0 amide bonds. The molecule has 0 aliphatic rings. The van der Waals surface area contributed by atoms with Gasteiger partial charge in [-0.05, 0) is 31.2 Å². The van der Waals surface area contributed by atoms with Crippen LogP contribution in [0.2, 0.25) is 0 Å². The Morgan fingerprint density at radius 3 is 2.72 bits per heavy atom. The highest BCUT2D eigenvalue weighted by Crippen LogP contribution is 2.23. The van der Waals surface area contributed by atoms with Crippen LogP contribution in [0, 0.1) is 11.3 Å². The average Bonchev–Trinajstić information content (AvgIpc) is 2.87. The summed E-state index contributed by atoms with van der Waals surface area (Å²) in [5.41, 5.74) is 0.930. The highest BCUT2D eigenvalue weighted by Gasteiger charge is 2.09. The quantitative estimate of drug-likeness (QED) is 0.855. The first kappa shape index (κ1) is 12.5. The molecule has 0 saturated heterocycles. The van der Waals surface area contributed by atoms with Gasteiger partial charge in [0.15, 0.2) is 5.82 Å². The van der Waals surface area contributed by atoms with E-state index in [1.165, 1.54) is 11.8 Å². The maximum atomic E-state index is 8.73. The summed E-state index contributed by atoms with van der Waals surface area (Å²) in [6, 6.07) is 9.67. The zero-order chi connectivity index (χ0) is 13.0. The Morgan fingerprint density at radius 1 is 1.39 bits per heavy atom. The molecule has 1 atom stereocenters. The SMILES string of the molecule is COc1ccc(-c2nc(S[C@@H](C)C#N)n[nH]2)cc1. The molecule has 5 nitrogen and oxygen atoms in total. The first-order valence-corrected chi connectivity index (χ1v) is 6.24. The van der Waals surface area contributed by atoms with Gasteiger partial charge in [-0.25, -0.2) is 4.98 Å². The monoisotopic (exact) mass is 260 g/mol. The van der Waals surface area contributed by atoms with E-state index in [0.29, 0.717) is 11.0 Å². The molecule has 1 aromatic heterocycles. The summed E-state index contributed by atoms with van der Waals surface area (Å²) in [6.45, 7) is 1.81. The third kappa shape index (κ3) is 2.81. The van der Waals surface area contributed by atoms with Gasteiger partial charge in [0.25, 0.3) is 0 Å². The molecular weight excluding hydrogens is 248 g/mol. The minimum Gasteiger partial charge on any atom is -0.497 e. The Kier molecular flexibility index (Phi) is 3.85. The van der Waals surface area contributed by atoms with Crippen LogP contribution < -0.4 is 4.74 Å². The van der Waals surface area contributed by atoms with Gasteiger partial charge in [-0.1, -0.05) is 11.8 Å². The van der Waals surface area contributed by atoms with Crippen molar-refractivity contribution < 1.29 is 4.74 Å². The van der Waals surface area contributed by atoms with Gasteiger partial charge in [0.05, 0.1) is 18.4 Å². The average molecular weight is 260 g/mol. The Bertz CT molecular complexity index is 558. The lowest BCUT2D eigenvalue weighted by Gasteiger charge is -1.99. The van der Waals surface area contributed by atoms with Gasteiger partial charge in [-0.15, -0.1) is 5.10 Å². The second-order valence-electron chi connectivity index (χ2n) is 3.58. The summed E-state index contributed by atoms with van der Waals surface area (Å²) in [5, 5.41) is 16.1. The molecule has 1 N–H and O–H groups in total. The number of hydrogen-bond donors (Lipinski definition) is 1. The van der Waals surface area contributed by atoms with Crippen LogP contribution in [-0.4, -0.2) is 27.5 Å². The lowest BCUT2D eigenvalue weighted by atomic mass is 10.2. The van der Waals surface area contributed by atoms with Crippen molar-refractivity contribution in [2.45, 2.75) is 17.3 Å². The third-order valence-electron chi connectivity index (χ3n) is 2.29. The van der Waals surface area contributed by atoms with E-state index in [2.05, 4.69) is 21.3 Å². The molecule has 0 fully saturated rings. The van der Waals surface area contributed by atoms with E-state index in [4.69, 9.17) is 10.00 Å². The van der Waals surface area contributed by atoms with Gasteiger partial charge in [0, 0.05) is 5.56 Å². The first-order valence-electron chi connectivity index (χ1n) is 5.36. The predicted octanol–water partition coefficient (Wildman–Crippen LogP) is 2.48. The van der Waals surface area contributed by atoms with Crippen LogP contribution in [0.4, 0.5) is 0 Å². The number of methoxy groups -OCH3 is 1. The van der Waals surface area contributed by atoms with Crippen LogP contribution in [0.1, 0.15) is 6.92 Å². The second-order valence-corrected chi connectivity index (χ2v) is 4.89. The zero-order valence-electron chi connectivity index (χ0n) is 10.0. The summed E-state index contributed by atoms with van der Waals surface area (Å²) >= 11 is 1.33. The molecule has 2 rings (SSSR count). The van der Waals surface area contributed by atoms with Gasteiger partial charge in [-0.3, -0.25) is 5.10 Å². The van der Waals surface area contributed by atoms with Gasteiger partial charge >= 0.3 is 0 Å². The number of nitriles is 1. The Hall–Kier alpha value is -2.00. The molecule has 0 aliphatic heterocycles. The smallest absolute Gasteiger partial charge is 0.210 e. The van der Waals surface area contributed by atoms with Crippen LogP contribution in [0.5, 0.6) is 5.75 Å². The van der Waals surface area contributed by atoms with Crippen molar-refractivity contribution in [2.75, 3.05) is 7.11 Å². The Labute approximate surface area is 109 Å². The highest BCUT2D eigenvalue weighted by atomic mass is 32.2. The number of ether oxygens (including phenoxy) is 1. The van der Waals surface area contributed by atoms with Crippen LogP contribution >= 0.6 is 11.8 Å². The van der Waals surface area contributed by atoms with E-state index >= 15 is 0 Å². The van der Waals surface area contributed by atoms with Gasteiger partial charge in [-0.2, -0.15) is 5.26 Å². The standard InChI is InChI=1S/C12H12N4OS/c1-8(7-13)18-12-14-11(15-16-12)9-3-5-10(17-2)6-4-9/h3-6,8H,1-2H3,(H,14,15,16)/t8-/m0/s1. The van der Waals surface area contributed by atoms with E-state index in [-0.39, 0.29) is 5.25 Å². The molecule has 92 valence electrons. The summed E-state index contributed by atoms with van der Waals surface area (Å²) in [7, 11) is 1.63. The molecule has 1 heterocycles. The van der Waals surface area contributed by atoms with Crippen LogP contribution in [0.15, 0.2) is 29.4 Å². The molecule has 18 heavy (non-hydrogen) atoms. The van der Waals surface area contributed by atoms with Crippen molar-refractivity contribution in [2.24, 2.45) is 0 Å². The maximum Gasteiger partial charge on any atom is 0.210 e. The lowest BCUT2D eigenvalue weighted by molar-refractivity contribution is 0.415. The van der Waals surface area contributed by atoms with Crippen molar-refractivity contribution in [1.29, 1.82) is 5.26 Å². The van der Waals surface area contributed by atoms with E-state index in [9.17, 15) is 0 Å². The van der Waals surface area contributed by atoms with Crippen LogP contribution in [0.25, 0.3) is 11.4 Å². The number of thioether (sulfide) groups is 1. The molecule has 2 aromatic rings. The molecule has 6 heteroatoms. The number of aromatic amines is 1. The molecule has 0 radical (unpaired) electrons. The molecule has 0 spiro atoms. The fourth-order valence-corrected chi connectivity index (χ4v) is 1.97. The number of H-pyrrole nitrogens is 1. The summed E-state index contributed by atoms with van der Waals surface area (Å²) < 4.78 is 5.09. The van der Waals surface area contributed by atoms with Gasteiger partial charge in [0.2, 0.25) is 5.16 Å². The van der Waals surface area contributed by atoms with Gasteiger partial charge < -0.3 is 4.74 Å². The minimum atomic E-state index is -0.162. The number of aromatic nitrogens is 3. The third-order valence-corrected chi connectivity index (χ3v) is 3.14. The van der Waals surface area contributed by atoms with Crippen molar-refractivity contribution in [3.8, 4) is 23.2 Å². The van der Waals surface area contributed by atoms with Crippen LogP contribution in [-0.2, 0) is 0 Å². The summed E-state index contributed by atoms with van der Waals surface area (Å²) in [4.78, 5) is 4.33. The largest absolute Gasteiger partial charge is 0.497 e. The number of benzene rings is 1. The van der Waals surface area contributed by atoms with Crippen molar-refractivity contribution >= 4 is 11.8 Å². The van der Waals surface area contributed by atoms with E-state index in [1.807, 2.05) is 31.2 Å². The number of rotatable bonds is 4. The summed E-state index contributed by atoms with van der Waals surface area (Å²) in [6.07, 6.45) is 0. The Balaban J connectivity index is 2.16. The maximum absolute atomic E-state index is 8.73. The van der Waals surface area contributed by atoms with Gasteiger partial charge in [0.1, 0.15) is 5.75 Å². The zero-order valence-corrected chi connectivity index (χ0v) is 10.9. The van der Waals surface area contributed by atoms with E-state index in [0.717, 1.165) is 11.3 Å². The number of nitrogens with one attached hydrogen (secondary N) is 1. The first-order chi connectivity index (χ1) is 8.72. The van der Waals surface area contributed by atoms with Crippen LogP contribution in [0.3, 0.4) is 0 Å². The number of hydrogen-bond acceptors (Lipinski definition) is 5. The molecule has 1 aromatic carbocycles.